The molecule has 1 saturated heterocycles. The van der Waals surface area contributed by atoms with E-state index in [2.05, 4.69) is 63.6 Å². The predicted octanol–water partition coefficient (Wildman–Crippen LogP) is 3.02. The molecule has 3 aromatic rings. The summed E-state index contributed by atoms with van der Waals surface area (Å²) >= 11 is 0. The number of aromatic nitrogens is 2. The van der Waals surface area contributed by atoms with Gasteiger partial charge in [0, 0.05) is 32.4 Å². The Morgan fingerprint density at radius 2 is 1.37 bits per heavy atom. The fourth-order valence-corrected chi connectivity index (χ4v) is 3.65. The summed E-state index contributed by atoms with van der Waals surface area (Å²) < 4.78 is 0. The lowest BCUT2D eigenvalue weighted by molar-refractivity contribution is 0.0590. The molecule has 1 aliphatic heterocycles. The molecule has 0 unspecified atom stereocenters. The Labute approximate surface area is 159 Å². The monoisotopic (exact) mass is 358 g/mol. The summed E-state index contributed by atoms with van der Waals surface area (Å²) in [4.78, 5) is 16.9. The quantitative estimate of drug-likeness (QED) is 0.719. The van der Waals surface area contributed by atoms with Crippen molar-refractivity contribution in [2.24, 2.45) is 0 Å². The van der Waals surface area contributed by atoms with E-state index in [1.807, 2.05) is 17.0 Å². The molecule has 0 saturated carbocycles. The molecular formula is C22H22N4O. The average Bonchev–Trinajstić information content (AvgIpc) is 2.76. The van der Waals surface area contributed by atoms with Crippen molar-refractivity contribution < 1.29 is 4.79 Å². The maximum absolute atomic E-state index is 12.6. The van der Waals surface area contributed by atoms with E-state index in [0.29, 0.717) is 18.8 Å². The molecule has 2 aromatic carbocycles. The van der Waals surface area contributed by atoms with E-state index in [9.17, 15) is 4.79 Å². The van der Waals surface area contributed by atoms with Crippen LogP contribution in [0, 0.1) is 0 Å². The van der Waals surface area contributed by atoms with Crippen LogP contribution in [0.2, 0.25) is 0 Å². The second-order valence-electron chi connectivity index (χ2n) is 6.66. The molecule has 1 fully saturated rings. The lowest BCUT2D eigenvalue weighted by Crippen LogP contribution is -2.50. The first-order valence-electron chi connectivity index (χ1n) is 9.24. The number of amides is 1. The van der Waals surface area contributed by atoms with Gasteiger partial charge >= 0.3 is 0 Å². The molecule has 0 radical (unpaired) electrons. The molecule has 27 heavy (non-hydrogen) atoms. The fourth-order valence-electron chi connectivity index (χ4n) is 3.65. The summed E-state index contributed by atoms with van der Waals surface area (Å²) in [6.07, 6.45) is 1.58. The van der Waals surface area contributed by atoms with Gasteiger partial charge in [0.2, 0.25) is 0 Å². The summed E-state index contributed by atoms with van der Waals surface area (Å²) in [5, 5.41) is 7.76. The molecule has 1 aromatic heterocycles. The van der Waals surface area contributed by atoms with Crippen molar-refractivity contribution in [2.75, 3.05) is 26.2 Å². The maximum atomic E-state index is 12.6. The van der Waals surface area contributed by atoms with Gasteiger partial charge in [-0.1, -0.05) is 60.7 Å². The van der Waals surface area contributed by atoms with Crippen molar-refractivity contribution in [3.8, 4) is 0 Å². The first-order chi connectivity index (χ1) is 13.3. The second kappa shape index (κ2) is 8.10. The zero-order valence-corrected chi connectivity index (χ0v) is 15.1. The van der Waals surface area contributed by atoms with Crippen LogP contribution in [0.5, 0.6) is 0 Å². The molecule has 0 aliphatic carbocycles. The van der Waals surface area contributed by atoms with Crippen LogP contribution < -0.4 is 0 Å². The predicted molar refractivity (Wildman–Crippen MR) is 104 cm³/mol. The van der Waals surface area contributed by atoms with Gasteiger partial charge in [0.1, 0.15) is 0 Å². The Bertz CT molecular complexity index is 823. The highest BCUT2D eigenvalue weighted by molar-refractivity contribution is 5.92. The third-order valence-electron chi connectivity index (χ3n) is 4.99. The van der Waals surface area contributed by atoms with Crippen LogP contribution in [-0.4, -0.2) is 52.1 Å². The molecule has 4 rings (SSSR count). The summed E-state index contributed by atoms with van der Waals surface area (Å²) in [7, 11) is 0. The third-order valence-corrected chi connectivity index (χ3v) is 4.99. The SMILES string of the molecule is O=C(c1cccnn1)N1CCN(C(c2ccccc2)c2ccccc2)CC1. The van der Waals surface area contributed by atoms with Gasteiger partial charge < -0.3 is 4.90 Å². The zero-order chi connectivity index (χ0) is 18.5. The number of carbonyl (C=O) groups excluding carboxylic acids is 1. The van der Waals surface area contributed by atoms with Crippen molar-refractivity contribution in [3.05, 3.63) is 95.8 Å². The van der Waals surface area contributed by atoms with Crippen molar-refractivity contribution in [3.63, 3.8) is 0 Å². The number of hydrogen-bond acceptors (Lipinski definition) is 4. The molecule has 0 atom stereocenters. The van der Waals surface area contributed by atoms with Crippen LogP contribution in [-0.2, 0) is 0 Å². The minimum atomic E-state index is -0.0428. The number of rotatable bonds is 4. The van der Waals surface area contributed by atoms with E-state index in [1.165, 1.54) is 11.1 Å². The van der Waals surface area contributed by atoms with Crippen LogP contribution in [0.4, 0.5) is 0 Å². The Balaban J connectivity index is 1.51. The van der Waals surface area contributed by atoms with Gasteiger partial charge in [0.15, 0.2) is 5.69 Å². The van der Waals surface area contributed by atoms with Crippen molar-refractivity contribution >= 4 is 5.91 Å². The highest BCUT2D eigenvalue weighted by atomic mass is 16.2. The van der Waals surface area contributed by atoms with Crippen molar-refractivity contribution in [2.45, 2.75) is 6.04 Å². The average molecular weight is 358 g/mol. The van der Waals surface area contributed by atoms with Crippen LogP contribution in [0.15, 0.2) is 79.0 Å². The van der Waals surface area contributed by atoms with Gasteiger partial charge in [-0.05, 0) is 23.3 Å². The molecule has 5 heteroatoms. The molecule has 2 heterocycles. The van der Waals surface area contributed by atoms with E-state index >= 15 is 0 Å². The van der Waals surface area contributed by atoms with E-state index in [4.69, 9.17) is 0 Å². The van der Waals surface area contributed by atoms with E-state index < -0.39 is 0 Å². The molecular weight excluding hydrogens is 336 g/mol. The van der Waals surface area contributed by atoms with Crippen molar-refractivity contribution in [1.82, 2.24) is 20.0 Å². The minimum absolute atomic E-state index is 0.0428. The first-order valence-corrected chi connectivity index (χ1v) is 9.24. The van der Waals surface area contributed by atoms with Gasteiger partial charge in [-0.15, -0.1) is 5.10 Å². The molecule has 0 spiro atoms. The summed E-state index contributed by atoms with van der Waals surface area (Å²) in [6.45, 7) is 3.01. The summed E-state index contributed by atoms with van der Waals surface area (Å²) in [6, 6.07) is 24.8. The smallest absolute Gasteiger partial charge is 0.274 e. The van der Waals surface area contributed by atoms with Gasteiger partial charge in [-0.3, -0.25) is 9.69 Å². The first kappa shape index (κ1) is 17.4. The number of piperazine rings is 1. The van der Waals surface area contributed by atoms with Crippen LogP contribution >= 0.6 is 0 Å². The van der Waals surface area contributed by atoms with E-state index in [1.54, 1.807) is 18.3 Å². The molecule has 0 N–H and O–H groups in total. The number of benzene rings is 2. The topological polar surface area (TPSA) is 49.3 Å². The highest BCUT2D eigenvalue weighted by Gasteiger charge is 2.28. The maximum Gasteiger partial charge on any atom is 0.274 e. The fraction of sp³-hybridized carbons (Fsp3) is 0.227. The van der Waals surface area contributed by atoms with Crippen molar-refractivity contribution in [1.29, 1.82) is 0 Å². The van der Waals surface area contributed by atoms with E-state index in [0.717, 1.165) is 13.1 Å². The zero-order valence-electron chi connectivity index (χ0n) is 15.1. The largest absolute Gasteiger partial charge is 0.335 e. The number of carbonyl (C=O) groups is 1. The van der Waals surface area contributed by atoms with Gasteiger partial charge in [0.05, 0.1) is 6.04 Å². The molecule has 136 valence electrons. The van der Waals surface area contributed by atoms with Crippen LogP contribution in [0.3, 0.4) is 0 Å². The van der Waals surface area contributed by atoms with E-state index in [-0.39, 0.29) is 11.9 Å². The lowest BCUT2D eigenvalue weighted by Gasteiger charge is -2.39. The normalized spacial score (nSPS) is 15.1. The van der Waals surface area contributed by atoms with Crippen LogP contribution in [0.25, 0.3) is 0 Å². The van der Waals surface area contributed by atoms with Gasteiger partial charge in [0.25, 0.3) is 5.91 Å². The number of nitrogens with zero attached hydrogens (tertiary/aromatic N) is 4. The Morgan fingerprint density at radius 1 is 0.778 bits per heavy atom. The van der Waals surface area contributed by atoms with Gasteiger partial charge in [-0.25, -0.2) is 0 Å². The Hall–Kier alpha value is -3.05. The second-order valence-corrected chi connectivity index (χ2v) is 6.66. The molecule has 0 bridgehead atoms. The number of hydrogen-bond donors (Lipinski definition) is 0. The Kier molecular flexibility index (Phi) is 5.21. The minimum Gasteiger partial charge on any atom is -0.335 e. The highest BCUT2D eigenvalue weighted by Crippen LogP contribution is 2.29. The lowest BCUT2D eigenvalue weighted by atomic mass is 9.96. The third kappa shape index (κ3) is 3.88. The summed E-state index contributed by atoms with van der Waals surface area (Å²) in [5.74, 6) is -0.0428. The van der Waals surface area contributed by atoms with Crippen LogP contribution in [0.1, 0.15) is 27.7 Å². The van der Waals surface area contributed by atoms with Gasteiger partial charge in [-0.2, -0.15) is 5.10 Å². The Morgan fingerprint density at radius 3 is 1.89 bits per heavy atom. The standard InChI is InChI=1S/C22H22N4O/c27-22(20-12-7-13-23-24-20)26-16-14-25(15-17-26)21(18-8-3-1-4-9-18)19-10-5-2-6-11-19/h1-13,21H,14-17H2. The molecule has 1 amide bonds. The molecule has 5 nitrogen and oxygen atoms in total. The molecule has 1 aliphatic rings. The summed E-state index contributed by atoms with van der Waals surface area (Å²) in [5.41, 5.74) is 2.96.